The van der Waals surface area contributed by atoms with E-state index < -0.39 is 5.82 Å². The highest BCUT2D eigenvalue weighted by molar-refractivity contribution is 5.55. The lowest BCUT2D eigenvalue weighted by molar-refractivity contribution is -0.0286. The third-order valence-electron chi connectivity index (χ3n) is 5.79. The van der Waals surface area contributed by atoms with Crippen molar-refractivity contribution in [1.29, 1.82) is 0 Å². The Morgan fingerprint density at radius 1 is 1.40 bits per heavy atom. The van der Waals surface area contributed by atoms with Crippen molar-refractivity contribution in [3.8, 4) is 0 Å². The molecule has 1 saturated carbocycles. The summed E-state index contributed by atoms with van der Waals surface area (Å²) in [5.41, 5.74) is 6.90. The molecule has 2 aliphatic heterocycles. The molecule has 9 heteroatoms. The topological polar surface area (TPSA) is 94.1 Å². The number of hydrogen-bond acceptors (Lipinski definition) is 7. The molecular weight excluding hydrogens is 325 g/mol. The fraction of sp³-hybridized carbons (Fsp3) is 0.562. The molecule has 0 bridgehead atoms. The monoisotopic (exact) mass is 345 g/mol. The molecule has 2 saturated heterocycles. The van der Waals surface area contributed by atoms with Crippen LogP contribution in [-0.4, -0.2) is 51.6 Å². The zero-order chi connectivity index (χ0) is 17.2. The lowest BCUT2D eigenvalue weighted by Crippen LogP contribution is -2.36. The summed E-state index contributed by atoms with van der Waals surface area (Å²) in [4.78, 5) is 10.3. The van der Waals surface area contributed by atoms with Crippen LogP contribution in [0, 0.1) is 17.7 Å². The number of rotatable bonds is 4. The molecule has 3 aliphatic rings. The number of piperidine rings is 1. The summed E-state index contributed by atoms with van der Waals surface area (Å²) in [7, 11) is 0. The van der Waals surface area contributed by atoms with Crippen molar-refractivity contribution >= 4 is 17.5 Å². The van der Waals surface area contributed by atoms with Gasteiger partial charge in [0.05, 0.1) is 37.3 Å². The van der Waals surface area contributed by atoms with Crippen LogP contribution in [0.1, 0.15) is 13.0 Å². The summed E-state index contributed by atoms with van der Waals surface area (Å²) >= 11 is 0. The minimum absolute atomic E-state index is 0.197. The average molecular weight is 345 g/mol. The first kappa shape index (κ1) is 15.0. The Kier molecular flexibility index (Phi) is 3.08. The number of ether oxygens (including phenoxy) is 1. The second-order valence-corrected chi connectivity index (χ2v) is 7.28. The standard InChI is InChI=1S/C16H20FN7O/c1-9-12-5-23(8-16(9,12)18)14-13(17)3-19-15(22-14)21-10-2-20-24(4-10)11-6-25-7-11/h2-4,9,11-12H,5-8,18H2,1H3,(H,19,21,22)/t9-,12+,16+/m1/s1. The first-order chi connectivity index (χ1) is 12.0. The first-order valence-corrected chi connectivity index (χ1v) is 8.50. The van der Waals surface area contributed by atoms with Crippen molar-refractivity contribution in [2.24, 2.45) is 17.6 Å². The maximum absolute atomic E-state index is 14.2. The van der Waals surface area contributed by atoms with Crippen LogP contribution in [0.2, 0.25) is 0 Å². The quantitative estimate of drug-likeness (QED) is 0.850. The predicted octanol–water partition coefficient (Wildman–Crippen LogP) is 0.910. The van der Waals surface area contributed by atoms with E-state index in [0.717, 1.165) is 12.2 Å². The van der Waals surface area contributed by atoms with E-state index in [4.69, 9.17) is 10.5 Å². The van der Waals surface area contributed by atoms with Crippen LogP contribution in [0.5, 0.6) is 0 Å². The summed E-state index contributed by atoms with van der Waals surface area (Å²) in [5, 5.41) is 7.39. The van der Waals surface area contributed by atoms with Gasteiger partial charge in [0.15, 0.2) is 11.6 Å². The fourth-order valence-corrected chi connectivity index (χ4v) is 3.89. The van der Waals surface area contributed by atoms with Crippen molar-refractivity contribution in [1.82, 2.24) is 19.7 Å². The summed E-state index contributed by atoms with van der Waals surface area (Å²) in [6.45, 7) is 4.87. The number of anilines is 3. The SMILES string of the molecule is C[C@@H]1[C@@H]2CN(c3nc(Nc4cnn(C5COC5)c4)ncc3F)C[C@]12N. The van der Waals surface area contributed by atoms with Gasteiger partial charge in [0.1, 0.15) is 0 Å². The number of halogens is 1. The molecule has 0 amide bonds. The van der Waals surface area contributed by atoms with Gasteiger partial charge in [0.25, 0.3) is 0 Å². The largest absolute Gasteiger partial charge is 0.377 e. The van der Waals surface area contributed by atoms with Gasteiger partial charge >= 0.3 is 0 Å². The van der Waals surface area contributed by atoms with E-state index >= 15 is 0 Å². The number of fused-ring (bicyclic) bond motifs is 1. The molecule has 0 aromatic carbocycles. The lowest BCUT2D eigenvalue weighted by atomic mass is 10.2. The molecule has 8 nitrogen and oxygen atoms in total. The average Bonchev–Trinajstić information content (AvgIpc) is 2.92. The van der Waals surface area contributed by atoms with Gasteiger partial charge in [0, 0.05) is 30.7 Å². The van der Waals surface area contributed by atoms with Gasteiger partial charge in [-0.3, -0.25) is 4.68 Å². The Hall–Kier alpha value is -2.26. The van der Waals surface area contributed by atoms with E-state index in [1.54, 1.807) is 6.20 Å². The predicted molar refractivity (Wildman–Crippen MR) is 89.1 cm³/mol. The van der Waals surface area contributed by atoms with Crippen molar-refractivity contribution in [2.75, 3.05) is 36.5 Å². The molecule has 132 valence electrons. The van der Waals surface area contributed by atoms with Gasteiger partial charge < -0.3 is 20.7 Å². The van der Waals surface area contributed by atoms with Crippen LogP contribution in [-0.2, 0) is 4.74 Å². The van der Waals surface area contributed by atoms with E-state index in [0.29, 0.717) is 43.4 Å². The second-order valence-electron chi connectivity index (χ2n) is 7.28. The van der Waals surface area contributed by atoms with Gasteiger partial charge in [-0.1, -0.05) is 6.92 Å². The minimum Gasteiger partial charge on any atom is -0.377 e. The van der Waals surface area contributed by atoms with E-state index in [1.807, 2.05) is 15.8 Å². The van der Waals surface area contributed by atoms with Crippen molar-refractivity contribution in [3.05, 3.63) is 24.4 Å². The molecule has 5 rings (SSSR count). The molecule has 3 N–H and O–H groups in total. The summed E-state index contributed by atoms with van der Waals surface area (Å²) in [6.07, 6.45) is 4.78. The zero-order valence-electron chi connectivity index (χ0n) is 13.9. The van der Waals surface area contributed by atoms with Gasteiger partial charge in [-0.25, -0.2) is 9.37 Å². The number of hydrogen-bond donors (Lipinski definition) is 2. The lowest BCUT2D eigenvalue weighted by Gasteiger charge is -2.25. The minimum atomic E-state index is -0.426. The van der Waals surface area contributed by atoms with Gasteiger partial charge in [0.2, 0.25) is 5.95 Å². The van der Waals surface area contributed by atoms with Crippen LogP contribution < -0.4 is 16.0 Å². The Bertz CT molecular complexity index is 823. The van der Waals surface area contributed by atoms with E-state index in [1.165, 1.54) is 6.20 Å². The third-order valence-corrected chi connectivity index (χ3v) is 5.79. The van der Waals surface area contributed by atoms with Gasteiger partial charge in [-0.2, -0.15) is 10.1 Å². The van der Waals surface area contributed by atoms with Gasteiger partial charge in [-0.05, 0) is 5.92 Å². The summed E-state index contributed by atoms with van der Waals surface area (Å²) in [6, 6.07) is 0.277. The normalized spacial score (nSPS) is 30.9. The molecule has 3 fully saturated rings. The fourth-order valence-electron chi connectivity index (χ4n) is 3.89. The number of nitrogens with one attached hydrogen (secondary N) is 1. The molecule has 1 aliphatic carbocycles. The molecule has 3 atom stereocenters. The molecule has 2 aromatic rings. The molecule has 25 heavy (non-hydrogen) atoms. The number of nitrogens with zero attached hydrogens (tertiary/aromatic N) is 5. The second kappa shape index (κ2) is 5.12. The number of aromatic nitrogens is 4. The molecule has 0 radical (unpaired) electrons. The maximum atomic E-state index is 14.2. The van der Waals surface area contributed by atoms with Crippen molar-refractivity contribution in [2.45, 2.75) is 18.5 Å². The van der Waals surface area contributed by atoms with E-state index in [9.17, 15) is 4.39 Å². The van der Waals surface area contributed by atoms with Crippen LogP contribution in [0.4, 0.5) is 21.8 Å². The summed E-state index contributed by atoms with van der Waals surface area (Å²) < 4.78 is 21.2. The molecule has 4 heterocycles. The van der Waals surface area contributed by atoms with Crippen LogP contribution in [0.25, 0.3) is 0 Å². The Morgan fingerprint density at radius 2 is 2.24 bits per heavy atom. The van der Waals surface area contributed by atoms with Crippen molar-refractivity contribution < 1.29 is 9.13 Å². The first-order valence-electron chi connectivity index (χ1n) is 8.50. The van der Waals surface area contributed by atoms with Crippen molar-refractivity contribution in [3.63, 3.8) is 0 Å². The Balaban J connectivity index is 1.34. The van der Waals surface area contributed by atoms with Crippen LogP contribution in [0.15, 0.2) is 18.6 Å². The zero-order valence-corrected chi connectivity index (χ0v) is 13.9. The smallest absolute Gasteiger partial charge is 0.229 e. The highest BCUT2D eigenvalue weighted by atomic mass is 19.1. The summed E-state index contributed by atoms with van der Waals surface area (Å²) in [5.74, 6) is 1.14. The van der Waals surface area contributed by atoms with Crippen LogP contribution in [0.3, 0.4) is 0 Å². The highest BCUT2D eigenvalue weighted by Crippen LogP contribution is 2.54. The molecular formula is C16H20FN7O. The van der Waals surface area contributed by atoms with Gasteiger partial charge in [-0.15, -0.1) is 0 Å². The van der Waals surface area contributed by atoms with E-state index in [-0.39, 0.29) is 11.6 Å². The van der Waals surface area contributed by atoms with Crippen LogP contribution >= 0.6 is 0 Å². The van der Waals surface area contributed by atoms with E-state index in [2.05, 4.69) is 27.3 Å². The molecule has 0 spiro atoms. The third kappa shape index (κ3) is 2.30. The molecule has 2 aromatic heterocycles. The Morgan fingerprint density at radius 3 is 2.92 bits per heavy atom. The Labute approximate surface area is 144 Å². The molecule has 0 unspecified atom stereocenters. The number of nitrogens with two attached hydrogens (primary N) is 1. The maximum Gasteiger partial charge on any atom is 0.229 e. The highest BCUT2D eigenvalue weighted by Gasteiger charge is 2.64.